The molecule has 0 radical (unpaired) electrons. The van der Waals surface area contributed by atoms with Crippen LogP contribution in [0.5, 0.6) is 0 Å². The molecule has 0 fully saturated rings. The van der Waals surface area contributed by atoms with Crippen LogP contribution in [0.1, 0.15) is 25.1 Å². The smallest absolute Gasteiger partial charge is 0.272 e. The summed E-state index contributed by atoms with van der Waals surface area (Å²) in [5, 5.41) is 2.92. The summed E-state index contributed by atoms with van der Waals surface area (Å²) in [7, 11) is 0. The normalized spacial score (nSPS) is 11.2. The number of hydrogen-bond donors (Lipinski definition) is 1. The summed E-state index contributed by atoms with van der Waals surface area (Å²) >= 11 is 0. The van der Waals surface area contributed by atoms with Crippen molar-refractivity contribution in [3.05, 3.63) is 45.9 Å². The predicted octanol–water partition coefficient (Wildman–Crippen LogP) is 3.12. The van der Waals surface area contributed by atoms with Crippen molar-refractivity contribution in [2.45, 2.75) is 34.2 Å². The van der Waals surface area contributed by atoms with Gasteiger partial charge in [0.25, 0.3) is 5.56 Å². The van der Waals surface area contributed by atoms with Gasteiger partial charge in [0, 0.05) is 12.2 Å². The first-order valence-electron chi connectivity index (χ1n) is 6.35. The van der Waals surface area contributed by atoms with Gasteiger partial charge < -0.3 is 0 Å². The molecule has 0 spiro atoms. The van der Waals surface area contributed by atoms with Crippen molar-refractivity contribution in [1.29, 1.82) is 0 Å². The summed E-state index contributed by atoms with van der Waals surface area (Å²) < 4.78 is 1.95. The van der Waals surface area contributed by atoms with E-state index in [0.29, 0.717) is 5.92 Å². The predicted molar refractivity (Wildman–Crippen MR) is 74.8 cm³/mol. The highest BCUT2D eigenvalue weighted by atomic mass is 16.1. The number of H-pyrrole nitrogens is 1. The van der Waals surface area contributed by atoms with E-state index in [0.717, 1.165) is 23.4 Å². The van der Waals surface area contributed by atoms with Gasteiger partial charge in [-0.15, -0.1) is 0 Å². The summed E-state index contributed by atoms with van der Waals surface area (Å²) in [6, 6.07) is 8.08. The number of aromatic amines is 1. The number of rotatable bonds is 3. The molecule has 0 saturated carbocycles. The van der Waals surface area contributed by atoms with Gasteiger partial charge in [-0.1, -0.05) is 43.7 Å². The fourth-order valence-electron chi connectivity index (χ4n) is 2.17. The Balaban J connectivity index is 2.48. The van der Waals surface area contributed by atoms with Crippen molar-refractivity contribution in [1.82, 2.24) is 9.78 Å². The number of nitrogens with one attached hydrogen (secondary N) is 1. The zero-order valence-corrected chi connectivity index (χ0v) is 11.4. The average Bonchev–Trinajstić information content (AvgIpc) is 2.55. The van der Waals surface area contributed by atoms with Crippen molar-refractivity contribution in [3.63, 3.8) is 0 Å². The Hall–Kier alpha value is -1.77. The minimum absolute atomic E-state index is 0.00277. The lowest BCUT2D eigenvalue weighted by Crippen LogP contribution is -2.10. The van der Waals surface area contributed by atoms with Gasteiger partial charge in [-0.25, -0.2) is 0 Å². The van der Waals surface area contributed by atoms with Crippen LogP contribution in [0.2, 0.25) is 0 Å². The fourth-order valence-corrected chi connectivity index (χ4v) is 2.17. The van der Waals surface area contributed by atoms with Gasteiger partial charge in [-0.2, -0.15) is 0 Å². The van der Waals surface area contributed by atoms with Crippen LogP contribution in [0.3, 0.4) is 0 Å². The van der Waals surface area contributed by atoms with Gasteiger partial charge in [-0.3, -0.25) is 14.6 Å². The molecule has 0 bridgehead atoms. The second kappa shape index (κ2) is 4.84. The van der Waals surface area contributed by atoms with Crippen LogP contribution in [0.15, 0.2) is 29.1 Å². The molecule has 0 aliphatic carbocycles. The van der Waals surface area contributed by atoms with E-state index >= 15 is 0 Å². The molecule has 0 amide bonds. The maximum atomic E-state index is 12.1. The molecule has 2 aromatic rings. The number of aryl methyl sites for hydroxylation is 1. The summed E-state index contributed by atoms with van der Waals surface area (Å²) in [6.45, 7) is 9.17. The quantitative estimate of drug-likeness (QED) is 0.885. The minimum Gasteiger partial charge on any atom is -0.289 e. The first-order valence-corrected chi connectivity index (χ1v) is 6.35. The van der Waals surface area contributed by atoms with Gasteiger partial charge >= 0.3 is 0 Å². The molecule has 3 nitrogen and oxygen atoms in total. The molecule has 1 aromatic carbocycles. The van der Waals surface area contributed by atoms with E-state index in [-0.39, 0.29) is 5.56 Å². The van der Waals surface area contributed by atoms with Gasteiger partial charge in [0.05, 0.1) is 5.56 Å². The molecule has 1 aromatic heterocycles. The van der Waals surface area contributed by atoms with E-state index in [1.807, 2.05) is 42.8 Å². The first-order chi connectivity index (χ1) is 8.49. The highest BCUT2D eigenvalue weighted by Gasteiger charge is 2.13. The van der Waals surface area contributed by atoms with Crippen LogP contribution in [0.4, 0.5) is 0 Å². The average molecular weight is 244 g/mol. The first kappa shape index (κ1) is 12.7. The summed E-state index contributed by atoms with van der Waals surface area (Å²) in [6.07, 6.45) is 0. The molecule has 1 N–H and O–H groups in total. The SMILES string of the molecule is Cc1ccc(-c2c(C)n(CC(C)C)[nH]c2=O)cc1. The van der Waals surface area contributed by atoms with Crippen LogP contribution >= 0.6 is 0 Å². The molecule has 1 heterocycles. The van der Waals surface area contributed by atoms with E-state index in [1.54, 1.807) is 0 Å². The Bertz CT molecular complexity index is 588. The Morgan fingerprint density at radius 2 is 1.78 bits per heavy atom. The van der Waals surface area contributed by atoms with Gasteiger partial charge in [0.1, 0.15) is 0 Å². The largest absolute Gasteiger partial charge is 0.289 e. The maximum Gasteiger partial charge on any atom is 0.272 e. The van der Waals surface area contributed by atoms with Crippen molar-refractivity contribution in [2.24, 2.45) is 5.92 Å². The number of nitrogens with zero attached hydrogens (tertiary/aromatic N) is 1. The van der Waals surface area contributed by atoms with E-state index in [4.69, 9.17) is 0 Å². The van der Waals surface area contributed by atoms with E-state index < -0.39 is 0 Å². The van der Waals surface area contributed by atoms with Crippen LogP contribution in [-0.4, -0.2) is 9.78 Å². The van der Waals surface area contributed by atoms with Crippen molar-refractivity contribution >= 4 is 0 Å². The molecular weight excluding hydrogens is 224 g/mol. The Labute approximate surface area is 107 Å². The van der Waals surface area contributed by atoms with Crippen LogP contribution < -0.4 is 5.56 Å². The lowest BCUT2D eigenvalue weighted by atomic mass is 10.1. The monoisotopic (exact) mass is 244 g/mol. The molecule has 0 saturated heterocycles. The van der Waals surface area contributed by atoms with Gasteiger partial charge in [0.15, 0.2) is 0 Å². The van der Waals surface area contributed by atoms with Crippen molar-refractivity contribution in [2.75, 3.05) is 0 Å². The van der Waals surface area contributed by atoms with Crippen LogP contribution in [0, 0.1) is 19.8 Å². The molecule has 0 atom stereocenters. The fraction of sp³-hybridized carbons (Fsp3) is 0.400. The zero-order chi connectivity index (χ0) is 13.3. The number of hydrogen-bond acceptors (Lipinski definition) is 1. The van der Waals surface area contributed by atoms with Crippen LogP contribution in [-0.2, 0) is 6.54 Å². The number of benzene rings is 1. The molecule has 3 heteroatoms. The maximum absolute atomic E-state index is 12.1. The zero-order valence-electron chi connectivity index (χ0n) is 11.4. The van der Waals surface area contributed by atoms with E-state index in [1.165, 1.54) is 5.56 Å². The Morgan fingerprint density at radius 3 is 2.33 bits per heavy atom. The molecule has 0 aliphatic heterocycles. The van der Waals surface area contributed by atoms with E-state index in [9.17, 15) is 4.79 Å². The minimum atomic E-state index is -0.00277. The topological polar surface area (TPSA) is 37.8 Å². The lowest BCUT2D eigenvalue weighted by Gasteiger charge is -2.08. The number of aromatic nitrogens is 2. The standard InChI is InChI=1S/C15H20N2O/c1-10(2)9-17-12(4)14(15(18)16-17)13-7-5-11(3)6-8-13/h5-8,10H,9H2,1-4H3,(H,16,18). The van der Waals surface area contributed by atoms with Crippen molar-refractivity contribution < 1.29 is 0 Å². The second-order valence-electron chi connectivity index (χ2n) is 5.27. The lowest BCUT2D eigenvalue weighted by molar-refractivity contribution is 0.472. The molecular formula is C15H20N2O. The third-order valence-corrected chi connectivity index (χ3v) is 3.12. The Morgan fingerprint density at radius 1 is 1.17 bits per heavy atom. The molecule has 2 rings (SSSR count). The summed E-state index contributed by atoms with van der Waals surface area (Å²) in [5.41, 5.74) is 3.99. The van der Waals surface area contributed by atoms with Gasteiger partial charge in [-0.05, 0) is 25.3 Å². The molecule has 18 heavy (non-hydrogen) atoms. The Kier molecular flexibility index (Phi) is 3.41. The van der Waals surface area contributed by atoms with Crippen LogP contribution in [0.25, 0.3) is 11.1 Å². The summed E-state index contributed by atoms with van der Waals surface area (Å²) in [5.74, 6) is 0.512. The van der Waals surface area contributed by atoms with E-state index in [2.05, 4.69) is 18.9 Å². The summed E-state index contributed by atoms with van der Waals surface area (Å²) in [4.78, 5) is 12.1. The van der Waals surface area contributed by atoms with Crippen molar-refractivity contribution in [3.8, 4) is 11.1 Å². The second-order valence-corrected chi connectivity index (χ2v) is 5.27. The van der Waals surface area contributed by atoms with Gasteiger partial charge in [0.2, 0.25) is 0 Å². The molecule has 0 unspecified atom stereocenters. The highest BCUT2D eigenvalue weighted by molar-refractivity contribution is 5.65. The third kappa shape index (κ3) is 2.40. The third-order valence-electron chi connectivity index (χ3n) is 3.12. The molecule has 0 aliphatic rings. The highest BCUT2D eigenvalue weighted by Crippen LogP contribution is 2.20. The molecule has 96 valence electrons.